The highest BCUT2D eigenvalue weighted by Crippen LogP contribution is 2.08. The largest absolute Gasteiger partial charge is 0.382 e. The average molecular weight is 222 g/mol. The molecule has 1 aromatic rings. The summed E-state index contributed by atoms with van der Waals surface area (Å²) < 4.78 is 0. The summed E-state index contributed by atoms with van der Waals surface area (Å²) in [6.07, 6.45) is 4.90. The van der Waals surface area contributed by atoms with Crippen LogP contribution in [0.3, 0.4) is 0 Å². The third kappa shape index (κ3) is 3.90. The first-order chi connectivity index (χ1) is 7.77. The maximum Gasteiger partial charge on any atom is 0.152 e. The molecule has 0 aliphatic rings. The van der Waals surface area contributed by atoms with Gasteiger partial charge >= 0.3 is 0 Å². The predicted molar refractivity (Wildman–Crippen MR) is 69.8 cm³/mol. The Balaban J connectivity index is 0.00000256. The Labute approximate surface area is 98.2 Å². The third-order valence-corrected chi connectivity index (χ3v) is 2.50. The molecular weight excluding hydrogens is 200 g/mol. The number of nitrogens with one attached hydrogen (secondary N) is 1. The summed E-state index contributed by atoms with van der Waals surface area (Å²) in [7, 11) is 0. The fourth-order valence-corrected chi connectivity index (χ4v) is 1.56. The highest BCUT2D eigenvalue weighted by atomic mass is 15.5. The Morgan fingerprint density at radius 1 is 1.31 bits per heavy atom. The molecule has 1 rings (SSSR count). The minimum Gasteiger partial charge on any atom is -0.382 e. The Bertz CT molecular complexity index is 335. The fraction of sp³-hybridized carbons (Fsp3) is 0.417. The number of nitrogens with zero attached hydrogens (tertiary/aromatic N) is 1. The van der Waals surface area contributed by atoms with Crippen LogP contribution in [-0.2, 0) is 6.42 Å². The number of hydrazine groups is 1. The van der Waals surface area contributed by atoms with Crippen molar-refractivity contribution in [1.29, 1.82) is 0 Å². The molecule has 0 bridgehead atoms. The number of nitrogens with two attached hydrogens (primary N) is 2. The van der Waals surface area contributed by atoms with Crippen molar-refractivity contribution < 1.29 is 1.43 Å². The lowest BCUT2D eigenvalue weighted by Crippen LogP contribution is -2.22. The molecule has 0 aromatic heterocycles. The predicted octanol–water partition coefficient (Wildman–Crippen LogP) is 1.75. The molecular formula is C12H22N4. The van der Waals surface area contributed by atoms with E-state index in [0.29, 0.717) is 5.84 Å². The van der Waals surface area contributed by atoms with Crippen LogP contribution in [0.2, 0.25) is 0 Å². The number of amidine groups is 1. The van der Waals surface area contributed by atoms with Crippen molar-refractivity contribution in [1.82, 2.24) is 5.53 Å². The molecule has 0 spiro atoms. The Hall–Kier alpha value is -1.55. The quantitative estimate of drug-likeness (QED) is 0.226. The third-order valence-electron chi connectivity index (χ3n) is 2.50. The average Bonchev–Trinajstić information content (AvgIpc) is 2.30. The SMILES string of the molecule is CCCCCc1ccc(/C(N)=N/NN)cc1.[HH]. The number of aryl methyl sites for hydroxylation is 1. The van der Waals surface area contributed by atoms with Crippen LogP contribution in [-0.4, -0.2) is 5.84 Å². The second-order valence-electron chi connectivity index (χ2n) is 3.78. The second-order valence-corrected chi connectivity index (χ2v) is 3.78. The second kappa shape index (κ2) is 6.85. The van der Waals surface area contributed by atoms with Crippen molar-refractivity contribution in [2.45, 2.75) is 32.6 Å². The molecule has 16 heavy (non-hydrogen) atoms. The summed E-state index contributed by atoms with van der Waals surface area (Å²) in [6, 6.07) is 8.11. The van der Waals surface area contributed by atoms with Gasteiger partial charge in [-0.3, -0.25) is 0 Å². The Morgan fingerprint density at radius 3 is 2.56 bits per heavy atom. The van der Waals surface area contributed by atoms with Gasteiger partial charge in [-0.05, 0) is 18.4 Å². The van der Waals surface area contributed by atoms with E-state index in [1.807, 2.05) is 12.1 Å². The summed E-state index contributed by atoms with van der Waals surface area (Å²) in [6.45, 7) is 2.21. The molecule has 0 saturated carbocycles. The zero-order chi connectivity index (χ0) is 11.8. The molecule has 1 aromatic carbocycles. The molecule has 0 radical (unpaired) electrons. The van der Waals surface area contributed by atoms with Gasteiger partial charge in [0.2, 0.25) is 0 Å². The fourth-order valence-electron chi connectivity index (χ4n) is 1.56. The van der Waals surface area contributed by atoms with Gasteiger partial charge in [0.15, 0.2) is 5.84 Å². The highest BCUT2D eigenvalue weighted by molar-refractivity contribution is 5.97. The Kier molecular flexibility index (Phi) is 5.36. The normalized spacial score (nSPS) is 11.5. The van der Waals surface area contributed by atoms with Crippen LogP contribution in [0.25, 0.3) is 0 Å². The van der Waals surface area contributed by atoms with Gasteiger partial charge in [-0.25, -0.2) is 11.4 Å². The van der Waals surface area contributed by atoms with Crippen LogP contribution < -0.4 is 17.1 Å². The van der Waals surface area contributed by atoms with E-state index < -0.39 is 0 Å². The molecule has 0 saturated heterocycles. The Morgan fingerprint density at radius 2 is 2.00 bits per heavy atom. The smallest absolute Gasteiger partial charge is 0.152 e. The van der Waals surface area contributed by atoms with Gasteiger partial charge in [0.1, 0.15) is 0 Å². The van der Waals surface area contributed by atoms with Gasteiger partial charge < -0.3 is 5.73 Å². The molecule has 4 nitrogen and oxygen atoms in total. The molecule has 0 atom stereocenters. The van der Waals surface area contributed by atoms with Crippen LogP contribution in [0.5, 0.6) is 0 Å². The van der Waals surface area contributed by atoms with Crippen LogP contribution in [0.15, 0.2) is 29.4 Å². The molecule has 4 heteroatoms. The minimum absolute atomic E-state index is 0. The van der Waals surface area contributed by atoms with Crippen LogP contribution in [0, 0.1) is 0 Å². The number of unbranched alkanes of at least 4 members (excludes halogenated alkanes) is 2. The molecule has 90 valence electrons. The zero-order valence-electron chi connectivity index (χ0n) is 9.74. The molecule has 0 amide bonds. The molecule has 0 unspecified atom stereocenters. The van der Waals surface area contributed by atoms with E-state index in [-0.39, 0.29) is 1.43 Å². The van der Waals surface area contributed by atoms with Gasteiger partial charge in [-0.15, -0.1) is 5.10 Å². The topological polar surface area (TPSA) is 76.4 Å². The van der Waals surface area contributed by atoms with Gasteiger partial charge in [0, 0.05) is 6.99 Å². The van der Waals surface area contributed by atoms with Crippen molar-refractivity contribution in [2.75, 3.05) is 0 Å². The number of hydrogen-bond acceptors (Lipinski definition) is 3. The summed E-state index contributed by atoms with van der Waals surface area (Å²) in [5.74, 6) is 5.47. The summed E-state index contributed by atoms with van der Waals surface area (Å²) in [5.41, 5.74) is 10.1. The zero-order valence-corrected chi connectivity index (χ0v) is 9.74. The molecule has 0 aliphatic heterocycles. The monoisotopic (exact) mass is 222 g/mol. The van der Waals surface area contributed by atoms with E-state index in [0.717, 1.165) is 12.0 Å². The maximum absolute atomic E-state index is 5.68. The number of rotatable bonds is 6. The lowest BCUT2D eigenvalue weighted by Gasteiger charge is -2.03. The summed E-state index contributed by atoms with van der Waals surface area (Å²) >= 11 is 0. The number of hydrogen-bond donors (Lipinski definition) is 3. The van der Waals surface area contributed by atoms with E-state index in [4.69, 9.17) is 11.6 Å². The van der Waals surface area contributed by atoms with Gasteiger partial charge in [0.05, 0.1) is 0 Å². The number of hydrazone groups is 1. The van der Waals surface area contributed by atoms with Crippen molar-refractivity contribution in [3.63, 3.8) is 0 Å². The van der Waals surface area contributed by atoms with Crippen LogP contribution >= 0.6 is 0 Å². The highest BCUT2D eigenvalue weighted by Gasteiger charge is 1.98. The lowest BCUT2D eigenvalue weighted by molar-refractivity contribution is 0.717. The van der Waals surface area contributed by atoms with Gasteiger partial charge in [0.25, 0.3) is 0 Å². The first kappa shape index (κ1) is 12.5. The van der Waals surface area contributed by atoms with Gasteiger partial charge in [-0.1, -0.05) is 44.0 Å². The van der Waals surface area contributed by atoms with Crippen molar-refractivity contribution in [2.24, 2.45) is 16.7 Å². The molecule has 0 heterocycles. The van der Waals surface area contributed by atoms with Gasteiger partial charge in [-0.2, -0.15) is 0 Å². The number of benzene rings is 1. The molecule has 0 fully saturated rings. The molecule has 5 N–H and O–H groups in total. The first-order valence-electron chi connectivity index (χ1n) is 5.66. The van der Waals surface area contributed by atoms with Crippen molar-refractivity contribution >= 4 is 5.84 Å². The van der Waals surface area contributed by atoms with E-state index >= 15 is 0 Å². The van der Waals surface area contributed by atoms with E-state index in [9.17, 15) is 0 Å². The maximum atomic E-state index is 5.68. The van der Waals surface area contributed by atoms with E-state index in [2.05, 4.69) is 29.7 Å². The van der Waals surface area contributed by atoms with Crippen molar-refractivity contribution in [3.8, 4) is 0 Å². The van der Waals surface area contributed by atoms with E-state index in [1.165, 1.54) is 24.8 Å². The summed E-state index contributed by atoms with van der Waals surface area (Å²) in [4.78, 5) is 0. The van der Waals surface area contributed by atoms with Crippen LogP contribution in [0.1, 0.15) is 38.7 Å². The molecule has 0 aliphatic carbocycles. The van der Waals surface area contributed by atoms with Crippen LogP contribution in [0.4, 0.5) is 0 Å². The summed E-state index contributed by atoms with van der Waals surface area (Å²) in [5, 5.41) is 3.72. The first-order valence-corrected chi connectivity index (χ1v) is 5.66. The van der Waals surface area contributed by atoms with Crippen molar-refractivity contribution in [3.05, 3.63) is 35.4 Å². The lowest BCUT2D eigenvalue weighted by atomic mass is 10.1. The van der Waals surface area contributed by atoms with E-state index in [1.54, 1.807) is 0 Å². The minimum atomic E-state index is 0. The standard InChI is InChI=1S/C12H20N4.H2/c1-2-3-4-5-10-6-8-11(9-7-10)12(13)15-16-14;/h6-9,16H,2-5,14H2,1H3,(H2,13,15);1H.